The van der Waals surface area contributed by atoms with Crippen LogP contribution in [0.2, 0.25) is 0 Å². The number of aryl methyl sites for hydroxylation is 2. The molecule has 0 bridgehead atoms. The number of benzene rings is 2. The molecule has 0 spiro atoms. The fourth-order valence-corrected chi connectivity index (χ4v) is 5.13. The van der Waals surface area contributed by atoms with E-state index < -0.39 is 5.43 Å². The van der Waals surface area contributed by atoms with E-state index in [1.807, 2.05) is 34.1 Å². The second-order valence-electron chi connectivity index (χ2n) is 9.70. The molecule has 0 aromatic heterocycles. The SMILES string of the molecule is Cc1ccc(C)c(N2CCN(C(=O)c3ccc(CNc4c(N5CCCC5)c(=O)c4=O)cc3)CC2)c1. The first-order valence-corrected chi connectivity index (χ1v) is 12.4. The molecule has 0 atom stereocenters. The van der Waals surface area contributed by atoms with Crippen LogP contribution in [0.4, 0.5) is 17.1 Å². The molecule has 2 aliphatic rings. The normalized spacial score (nSPS) is 16.2. The number of hydrogen-bond acceptors (Lipinski definition) is 6. The number of carbonyl (C=O) groups excluding carboxylic acids is 1. The van der Waals surface area contributed by atoms with E-state index in [0.29, 0.717) is 36.6 Å². The summed E-state index contributed by atoms with van der Waals surface area (Å²) in [4.78, 5) is 43.5. The third-order valence-corrected chi connectivity index (χ3v) is 7.25. The smallest absolute Gasteiger partial charge is 0.253 e. The summed E-state index contributed by atoms with van der Waals surface area (Å²) in [5, 5.41) is 3.15. The van der Waals surface area contributed by atoms with Gasteiger partial charge in [0.05, 0.1) is 0 Å². The first-order valence-electron chi connectivity index (χ1n) is 12.4. The van der Waals surface area contributed by atoms with E-state index in [9.17, 15) is 14.4 Å². The minimum absolute atomic E-state index is 0.0453. The lowest BCUT2D eigenvalue weighted by molar-refractivity contribution is 0.0746. The summed E-state index contributed by atoms with van der Waals surface area (Å²) in [6, 6.07) is 14.0. The van der Waals surface area contributed by atoms with Gasteiger partial charge in [-0.25, -0.2) is 0 Å². The van der Waals surface area contributed by atoms with E-state index in [-0.39, 0.29) is 11.3 Å². The van der Waals surface area contributed by atoms with Gasteiger partial charge in [0.1, 0.15) is 11.4 Å². The van der Waals surface area contributed by atoms with Crippen LogP contribution < -0.4 is 26.0 Å². The van der Waals surface area contributed by atoms with Gasteiger partial charge < -0.3 is 20.0 Å². The van der Waals surface area contributed by atoms with E-state index >= 15 is 0 Å². The quantitative estimate of drug-likeness (QED) is 0.556. The van der Waals surface area contributed by atoms with Crippen LogP contribution in [0.15, 0.2) is 52.1 Å². The topological polar surface area (TPSA) is 73.0 Å². The van der Waals surface area contributed by atoms with Crippen molar-refractivity contribution in [3.05, 3.63) is 85.2 Å². The predicted octanol–water partition coefficient (Wildman–Crippen LogP) is 3.07. The van der Waals surface area contributed by atoms with Gasteiger partial charge in [-0.1, -0.05) is 24.3 Å². The third-order valence-electron chi connectivity index (χ3n) is 7.25. The van der Waals surface area contributed by atoms with Crippen molar-refractivity contribution in [1.29, 1.82) is 0 Å². The molecule has 2 fully saturated rings. The minimum Gasteiger partial charge on any atom is -0.376 e. The Bertz CT molecular complexity index is 1290. The Balaban J connectivity index is 1.17. The molecule has 1 N–H and O–H groups in total. The van der Waals surface area contributed by atoms with Crippen molar-refractivity contribution in [2.75, 3.05) is 54.4 Å². The van der Waals surface area contributed by atoms with E-state index in [4.69, 9.17) is 0 Å². The lowest BCUT2D eigenvalue weighted by Crippen LogP contribution is -2.49. The minimum atomic E-state index is -0.432. The summed E-state index contributed by atoms with van der Waals surface area (Å²) < 4.78 is 0. The van der Waals surface area contributed by atoms with Gasteiger partial charge in [0, 0.05) is 57.1 Å². The highest BCUT2D eigenvalue weighted by Crippen LogP contribution is 2.25. The maximum atomic E-state index is 13.1. The Labute approximate surface area is 205 Å². The van der Waals surface area contributed by atoms with Crippen molar-refractivity contribution in [2.24, 2.45) is 0 Å². The largest absolute Gasteiger partial charge is 0.376 e. The lowest BCUT2D eigenvalue weighted by atomic mass is 10.1. The van der Waals surface area contributed by atoms with Crippen LogP contribution in [0.25, 0.3) is 0 Å². The van der Waals surface area contributed by atoms with Crippen LogP contribution >= 0.6 is 0 Å². The molecule has 3 aromatic carbocycles. The van der Waals surface area contributed by atoms with Crippen LogP contribution in [0.1, 0.15) is 39.9 Å². The maximum absolute atomic E-state index is 13.1. The van der Waals surface area contributed by atoms with Gasteiger partial charge in [0.25, 0.3) is 16.8 Å². The van der Waals surface area contributed by atoms with Crippen LogP contribution in [0.3, 0.4) is 0 Å². The number of anilines is 3. The summed E-state index contributed by atoms with van der Waals surface area (Å²) in [5.41, 5.74) is 5.54. The number of piperazine rings is 1. The van der Waals surface area contributed by atoms with Crippen LogP contribution in [0, 0.1) is 13.8 Å². The Hall–Kier alpha value is -3.61. The van der Waals surface area contributed by atoms with Crippen molar-refractivity contribution in [3.8, 4) is 0 Å². The van der Waals surface area contributed by atoms with Gasteiger partial charge in [-0.15, -0.1) is 0 Å². The second kappa shape index (κ2) is 9.56. The number of nitrogens with one attached hydrogen (secondary N) is 1. The molecule has 0 aliphatic carbocycles. The van der Waals surface area contributed by atoms with E-state index in [1.165, 1.54) is 16.8 Å². The fraction of sp³-hybridized carbons (Fsp3) is 0.393. The number of hydrogen-bond donors (Lipinski definition) is 1. The zero-order valence-corrected chi connectivity index (χ0v) is 20.5. The lowest BCUT2D eigenvalue weighted by Gasteiger charge is -2.37. The number of rotatable bonds is 6. The summed E-state index contributed by atoms with van der Waals surface area (Å²) in [6.07, 6.45) is 2.10. The molecule has 2 aliphatic heterocycles. The number of nitrogens with zero attached hydrogens (tertiary/aromatic N) is 3. The van der Waals surface area contributed by atoms with Crippen molar-refractivity contribution >= 4 is 23.0 Å². The molecule has 182 valence electrons. The molecule has 0 unspecified atom stereocenters. The summed E-state index contributed by atoms with van der Waals surface area (Å²) in [5.74, 6) is 0.0453. The van der Waals surface area contributed by atoms with Crippen molar-refractivity contribution in [2.45, 2.75) is 33.2 Å². The van der Waals surface area contributed by atoms with E-state index in [1.54, 1.807) is 0 Å². The van der Waals surface area contributed by atoms with E-state index in [2.05, 4.69) is 42.3 Å². The maximum Gasteiger partial charge on any atom is 0.253 e. The average molecular weight is 473 g/mol. The Morgan fingerprint density at radius 1 is 0.829 bits per heavy atom. The van der Waals surface area contributed by atoms with Gasteiger partial charge in [0.15, 0.2) is 0 Å². The van der Waals surface area contributed by atoms with E-state index in [0.717, 1.165) is 44.6 Å². The predicted molar refractivity (Wildman–Crippen MR) is 141 cm³/mol. The highest BCUT2D eigenvalue weighted by molar-refractivity contribution is 5.94. The van der Waals surface area contributed by atoms with Crippen LogP contribution in [-0.4, -0.2) is 50.1 Å². The molecule has 2 heterocycles. The second-order valence-corrected chi connectivity index (χ2v) is 9.70. The molecule has 7 nitrogen and oxygen atoms in total. The summed E-state index contributed by atoms with van der Waals surface area (Å²) in [6.45, 7) is 9.36. The van der Waals surface area contributed by atoms with Gasteiger partial charge in [-0.3, -0.25) is 14.4 Å². The van der Waals surface area contributed by atoms with Crippen molar-refractivity contribution in [1.82, 2.24) is 4.90 Å². The van der Waals surface area contributed by atoms with Crippen molar-refractivity contribution < 1.29 is 4.79 Å². The average Bonchev–Trinajstić information content (AvgIpc) is 3.41. The molecule has 5 rings (SSSR count). The van der Waals surface area contributed by atoms with Gasteiger partial charge in [0.2, 0.25) is 0 Å². The van der Waals surface area contributed by atoms with Crippen LogP contribution in [-0.2, 0) is 6.54 Å². The number of carbonyl (C=O) groups is 1. The molecule has 3 aromatic rings. The molecular weight excluding hydrogens is 440 g/mol. The number of amides is 1. The van der Waals surface area contributed by atoms with Crippen LogP contribution in [0.5, 0.6) is 0 Å². The standard InChI is InChI=1S/C28H32N4O3/c1-19-5-6-20(2)23(17-19)30-13-15-32(16-14-30)28(35)22-9-7-21(8-10-22)18-29-24-25(27(34)26(24)33)31-11-3-4-12-31/h5-10,17,29H,3-4,11-16,18H2,1-2H3. The molecule has 0 radical (unpaired) electrons. The fourth-order valence-electron chi connectivity index (χ4n) is 5.13. The Morgan fingerprint density at radius 2 is 1.51 bits per heavy atom. The first-order chi connectivity index (χ1) is 16.9. The van der Waals surface area contributed by atoms with Crippen molar-refractivity contribution in [3.63, 3.8) is 0 Å². The zero-order valence-electron chi connectivity index (χ0n) is 20.5. The molecule has 1 amide bonds. The molecule has 2 saturated heterocycles. The molecule has 7 heteroatoms. The van der Waals surface area contributed by atoms with Gasteiger partial charge >= 0.3 is 0 Å². The Kier molecular flexibility index (Phi) is 6.32. The molecule has 0 saturated carbocycles. The highest BCUT2D eigenvalue weighted by atomic mass is 16.2. The monoisotopic (exact) mass is 472 g/mol. The summed E-state index contributed by atoms with van der Waals surface area (Å²) >= 11 is 0. The third kappa shape index (κ3) is 4.55. The zero-order chi connectivity index (χ0) is 24.5. The first kappa shape index (κ1) is 23.1. The molecular formula is C28H32N4O3. The molecule has 35 heavy (non-hydrogen) atoms. The van der Waals surface area contributed by atoms with Gasteiger partial charge in [-0.2, -0.15) is 0 Å². The Morgan fingerprint density at radius 3 is 2.20 bits per heavy atom. The summed E-state index contributed by atoms with van der Waals surface area (Å²) in [7, 11) is 0. The van der Waals surface area contributed by atoms with Gasteiger partial charge in [-0.05, 0) is 61.6 Å². The highest BCUT2D eigenvalue weighted by Gasteiger charge is 2.27.